The maximum atomic E-state index is 6.14. The molecule has 0 spiro atoms. The van der Waals surface area contributed by atoms with Crippen LogP contribution in [0.2, 0.25) is 0 Å². The Labute approximate surface area is 95.1 Å². The van der Waals surface area contributed by atoms with Gasteiger partial charge in [-0.15, -0.1) is 0 Å². The van der Waals surface area contributed by atoms with Gasteiger partial charge in [0.1, 0.15) is 11.6 Å². The third kappa shape index (κ3) is 2.02. The first-order chi connectivity index (χ1) is 7.72. The molecule has 0 fully saturated rings. The van der Waals surface area contributed by atoms with Crippen LogP contribution in [-0.2, 0) is 13.0 Å². The van der Waals surface area contributed by atoms with Crippen LogP contribution in [0.4, 0.5) is 0 Å². The molecule has 1 unspecified atom stereocenters. The van der Waals surface area contributed by atoms with E-state index < -0.39 is 0 Å². The normalized spacial score (nSPS) is 12.9. The maximum absolute atomic E-state index is 6.14. The lowest BCUT2D eigenvalue weighted by Gasteiger charge is -2.11. The van der Waals surface area contributed by atoms with Crippen LogP contribution in [-0.4, -0.2) is 9.55 Å². The highest BCUT2D eigenvalue weighted by Gasteiger charge is 2.14. The van der Waals surface area contributed by atoms with Gasteiger partial charge in [-0.3, -0.25) is 0 Å². The van der Waals surface area contributed by atoms with Crippen molar-refractivity contribution >= 4 is 0 Å². The fraction of sp³-hybridized carbons (Fsp3) is 0.417. The Bertz CT molecular complexity index is 458. The quantitative estimate of drug-likeness (QED) is 0.856. The van der Waals surface area contributed by atoms with E-state index in [9.17, 15) is 0 Å². The Morgan fingerprint density at radius 1 is 1.56 bits per heavy atom. The second-order valence-corrected chi connectivity index (χ2v) is 3.87. The SMILES string of the molecule is CCn1ccnc1CC(N)c1ccoc1C. The van der Waals surface area contributed by atoms with E-state index in [1.165, 1.54) is 0 Å². The average molecular weight is 219 g/mol. The molecule has 1 atom stereocenters. The molecule has 2 rings (SSSR count). The van der Waals surface area contributed by atoms with Crippen molar-refractivity contribution in [2.75, 3.05) is 0 Å². The summed E-state index contributed by atoms with van der Waals surface area (Å²) in [4.78, 5) is 4.32. The first-order valence-corrected chi connectivity index (χ1v) is 5.52. The number of aromatic nitrogens is 2. The standard InChI is InChI=1S/C12H17N3O/c1-3-15-6-5-14-12(15)8-11(13)10-4-7-16-9(10)2/h4-7,11H,3,8,13H2,1-2H3. The molecule has 16 heavy (non-hydrogen) atoms. The summed E-state index contributed by atoms with van der Waals surface area (Å²) in [6, 6.07) is 1.88. The topological polar surface area (TPSA) is 57.0 Å². The number of nitrogens with zero attached hydrogens (tertiary/aromatic N) is 2. The van der Waals surface area contributed by atoms with Crippen molar-refractivity contribution in [1.29, 1.82) is 0 Å². The van der Waals surface area contributed by atoms with E-state index in [1.807, 2.05) is 25.4 Å². The summed E-state index contributed by atoms with van der Waals surface area (Å²) in [6.07, 6.45) is 6.20. The van der Waals surface area contributed by atoms with E-state index in [1.54, 1.807) is 6.26 Å². The lowest BCUT2D eigenvalue weighted by atomic mass is 10.1. The number of furan rings is 1. The third-order valence-corrected chi connectivity index (χ3v) is 2.84. The van der Waals surface area contributed by atoms with E-state index >= 15 is 0 Å². The maximum Gasteiger partial charge on any atom is 0.110 e. The minimum atomic E-state index is -0.0496. The van der Waals surface area contributed by atoms with Crippen molar-refractivity contribution in [2.45, 2.75) is 32.9 Å². The van der Waals surface area contributed by atoms with Gasteiger partial charge in [0.15, 0.2) is 0 Å². The van der Waals surface area contributed by atoms with Crippen LogP contribution < -0.4 is 5.73 Å². The Morgan fingerprint density at radius 3 is 3.00 bits per heavy atom. The second-order valence-electron chi connectivity index (χ2n) is 3.87. The molecule has 2 N–H and O–H groups in total. The predicted molar refractivity (Wildman–Crippen MR) is 62.0 cm³/mol. The molecular weight excluding hydrogens is 202 g/mol. The number of nitrogens with two attached hydrogens (primary N) is 1. The van der Waals surface area contributed by atoms with Crippen molar-refractivity contribution in [3.63, 3.8) is 0 Å². The first kappa shape index (κ1) is 11.0. The monoisotopic (exact) mass is 219 g/mol. The van der Waals surface area contributed by atoms with Gasteiger partial charge in [0.05, 0.1) is 6.26 Å². The highest BCUT2D eigenvalue weighted by molar-refractivity contribution is 5.21. The van der Waals surface area contributed by atoms with Gasteiger partial charge < -0.3 is 14.7 Å². The molecule has 2 aromatic heterocycles. The number of aryl methyl sites for hydroxylation is 2. The molecule has 4 heteroatoms. The summed E-state index contributed by atoms with van der Waals surface area (Å²) in [5, 5.41) is 0. The summed E-state index contributed by atoms with van der Waals surface area (Å²) >= 11 is 0. The minimum absolute atomic E-state index is 0.0496. The molecule has 86 valence electrons. The molecule has 2 aromatic rings. The average Bonchev–Trinajstić information content (AvgIpc) is 2.86. The fourth-order valence-electron chi connectivity index (χ4n) is 1.90. The van der Waals surface area contributed by atoms with E-state index in [2.05, 4.69) is 16.5 Å². The van der Waals surface area contributed by atoms with E-state index in [-0.39, 0.29) is 6.04 Å². The van der Waals surface area contributed by atoms with Crippen LogP contribution in [0.1, 0.15) is 30.1 Å². The van der Waals surface area contributed by atoms with Crippen LogP contribution in [0.5, 0.6) is 0 Å². The van der Waals surface area contributed by atoms with Crippen LogP contribution in [0.3, 0.4) is 0 Å². The molecule has 0 saturated heterocycles. The number of hydrogen-bond donors (Lipinski definition) is 1. The number of imidazole rings is 1. The van der Waals surface area contributed by atoms with Crippen molar-refractivity contribution in [3.05, 3.63) is 41.9 Å². The van der Waals surface area contributed by atoms with Gasteiger partial charge in [0.25, 0.3) is 0 Å². The van der Waals surface area contributed by atoms with E-state index in [0.717, 1.165) is 30.1 Å². The highest BCUT2D eigenvalue weighted by Crippen LogP contribution is 2.19. The molecule has 0 aliphatic heterocycles. The summed E-state index contributed by atoms with van der Waals surface area (Å²) < 4.78 is 7.36. The Morgan fingerprint density at radius 2 is 2.38 bits per heavy atom. The largest absolute Gasteiger partial charge is 0.469 e. The first-order valence-electron chi connectivity index (χ1n) is 5.52. The van der Waals surface area contributed by atoms with Crippen molar-refractivity contribution in [3.8, 4) is 0 Å². The predicted octanol–water partition coefficient (Wildman–Crippen LogP) is 2.05. The molecule has 0 amide bonds. The van der Waals surface area contributed by atoms with E-state index in [4.69, 9.17) is 10.2 Å². The van der Waals surface area contributed by atoms with Crippen LogP contribution in [0, 0.1) is 6.92 Å². The molecule has 0 aliphatic rings. The molecule has 0 aliphatic carbocycles. The Kier molecular flexibility index (Phi) is 3.10. The van der Waals surface area contributed by atoms with E-state index in [0.29, 0.717) is 0 Å². The fourth-order valence-corrected chi connectivity index (χ4v) is 1.90. The minimum Gasteiger partial charge on any atom is -0.469 e. The van der Waals surface area contributed by atoms with Gasteiger partial charge in [-0.1, -0.05) is 0 Å². The van der Waals surface area contributed by atoms with Gasteiger partial charge in [-0.05, 0) is 19.9 Å². The van der Waals surface area contributed by atoms with Gasteiger partial charge in [0.2, 0.25) is 0 Å². The number of hydrogen-bond acceptors (Lipinski definition) is 3. The molecule has 0 saturated carbocycles. The zero-order chi connectivity index (χ0) is 11.5. The van der Waals surface area contributed by atoms with Crippen LogP contribution in [0.25, 0.3) is 0 Å². The Balaban J connectivity index is 2.13. The van der Waals surface area contributed by atoms with Crippen molar-refractivity contribution in [1.82, 2.24) is 9.55 Å². The summed E-state index contributed by atoms with van der Waals surface area (Å²) in [6.45, 7) is 4.95. The molecule has 4 nitrogen and oxygen atoms in total. The van der Waals surface area contributed by atoms with Gasteiger partial charge in [0, 0.05) is 37.0 Å². The van der Waals surface area contributed by atoms with Crippen molar-refractivity contribution in [2.24, 2.45) is 5.73 Å². The molecular formula is C12H17N3O. The molecule has 2 heterocycles. The summed E-state index contributed by atoms with van der Waals surface area (Å²) in [5.74, 6) is 1.91. The summed E-state index contributed by atoms with van der Waals surface area (Å²) in [5.41, 5.74) is 7.20. The molecule has 0 bridgehead atoms. The zero-order valence-corrected chi connectivity index (χ0v) is 9.68. The zero-order valence-electron chi connectivity index (χ0n) is 9.68. The van der Waals surface area contributed by atoms with Crippen LogP contribution in [0.15, 0.2) is 29.1 Å². The van der Waals surface area contributed by atoms with Crippen LogP contribution >= 0.6 is 0 Å². The second kappa shape index (κ2) is 4.53. The molecule has 0 aromatic carbocycles. The van der Waals surface area contributed by atoms with Gasteiger partial charge in [-0.25, -0.2) is 4.98 Å². The van der Waals surface area contributed by atoms with Gasteiger partial charge >= 0.3 is 0 Å². The molecule has 0 radical (unpaired) electrons. The van der Waals surface area contributed by atoms with Gasteiger partial charge in [-0.2, -0.15) is 0 Å². The highest BCUT2D eigenvalue weighted by atomic mass is 16.3. The lowest BCUT2D eigenvalue weighted by Crippen LogP contribution is -2.16. The lowest BCUT2D eigenvalue weighted by molar-refractivity contribution is 0.521. The summed E-state index contributed by atoms with van der Waals surface area (Å²) in [7, 11) is 0. The van der Waals surface area contributed by atoms with Crippen molar-refractivity contribution < 1.29 is 4.42 Å². The Hall–Kier alpha value is -1.55. The number of rotatable bonds is 4. The third-order valence-electron chi connectivity index (χ3n) is 2.84. The smallest absolute Gasteiger partial charge is 0.110 e.